The number of aromatic nitrogens is 4. The molecule has 0 saturated carbocycles. The lowest BCUT2D eigenvalue weighted by Crippen LogP contribution is -2.46. The minimum Gasteiger partial charge on any atom is -0.480 e. The summed E-state index contributed by atoms with van der Waals surface area (Å²) in [7, 11) is -3.19. The molecule has 1 saturated heterocycles. The Balaban J connectivity index is 1.55. The lowest BCUT2D eigenvalue weighted by atomic mass is 9.97. The third-order valence-electron chi connectivity index (χ3n) is 8.81. The number of ether oxygens (including phenoxy) is 7. The molecule has 1 fully saturated rings. The first-order valence-electron chi connectivity index (χ1n) is 20.6. The Kier molecular flexibility index (Phi) is 21.4. The van der Waals surface area contributed by atoms with Crippen molar-refractivity contribution in [1.29, 1.82) is 0 Å². The number of aliphatic carboxylic acids is 1. The van der Waals surface area contributed by atoms with Gasteiger partial charge in [0.15, 0.2) is 17.7 Å². The minimum absolute atomic E-state index is 0.00324. The average molecular weight is 906 g/mol. The van der Waals surface area contributed by atoms with Gasteiger partial charge in [-0.3, -0.25) is 4.57 Å². The van der Waals surface area contributed by atoms with E-state index in [9.17, 15) is 33.0 Å². The molecule has 24 heteroatoms. The lowest BCUT2D eigenvalue weighted by Gasteiger charge is -2.27. The number of anilines is 1. The van der Waals surface area contributed by atoms with Crippen LogP contribution in [-0.4, -0.2) is 170 Å². The minimum atomic E-state index is -3.19. The standard InChI is InChI=1S/C38H67N9O14S/c1-37(2,3)60-35(51)45-25(10-11-26(34(49)50)46-36(52)61-38(4,5)6)22-27-29(48)30(33(59-27)47-24-43-28-31(39)41-23-42-32(28)47)58-17-14-40-12-8-15-55-18-20-57-21-19-56-16-9-13-44-62(7,53)54/h23-27,29-30,33,40,44,48H,8-22H2,1-7H3,(H,45,51)(H,46,52)(H,49,50)(H2,39,41,42)/t25-,26-,27+,29+,30+,33+/m0/s1. The summed E-state index contributed by atoms with van der Waals surface area (Å²) in [5.41, 5.74) is 5.03. The number of sulfonamides is 1. The summed E-state index contributed by atoms with van der Waals surface area (Å²) in [6, 6.07) is -2.14. The van der Waals surface area contributed by atoms with E-state index in [1.165, 1.54) is 12.7 Å². The number of imidazole rings is 1. The number of hydrogen-bond donors (Lipinski definition) is 7. The van der Waals surface area contributed by atoms with Gasteiger partial charge in [-0.15, -0.1) is 0 Å². The Hall–Kier alpha value is -4.01. The SMILES string of the molecule is CC(C)(C)OC(=O)N[C@@H](CC[C@H](NC(=O)OC(C)(C)C)C(=O)O)C[C@H]1O[C@@H](n2cnc3c(N)ncnc32)[C@H](OCCNCCCOCCOCCOCCCNS(C)(=O)=O)[C@@H]1O. The molecule has 0 aromatic carbocycles. The topological polar surface area (TPSA) is 308 Å². The van der Waals surface area contributed by atoms with Crippen molar-refractivity contribution in [2.24, 2.45) is 0 Å². The van der Waals surface area contributed by atoms with Crippen molar-refractivity contribution in [2.45, 2.75) is 121 Å². The van der Waals surface area contributed by atoms with Crippen LogP contribution >= 0.6 is 0 Å². The number of aliphatic hydroxyl groups is 1. The number of carboxylic acid groups (broad SMARTS) is 1. The highest BCUT2D eigenvalue weighted by Gasteiger charge is 2.47. The van der Waals surface area contributed by atoms with E-state index in [2.05, 4.69) is 35.6 Å². The predicted molar refractivity (Wildman–Crippen MR) is 225 cm³/mol. The van der Waals surface area contributed by atoms with Crippen LogP contribution in [0.3, 0.4) is 0 Å². The smallest absolute Gasteiger partial charge is 0.408 e. The van der Waals surface area contributed by atoms with Crippen LogP contribution in [-0.2, 0) is 48.0 Å². The fourth-order valence-electron chi connectivity index (χ4n) is 6.12. The molecular weight excluding hydrogens is 839 g/mol. The number of nitrogens with one attached hydrogen (secondary N) is 4. The number of carbonyl (C=O) groups is 3. The number of carboxylic acids is 1. The fourth-order valence-corrected chi connectivity index (χ4v) is 6.63. The molecule has 354 valence electrons. The molecule has 23 nitrogen and oxygen atoms in total. The van der Waals surface area contributed by atoms with Gasteiger partial charge in [-0.05, 0) is 80.2 Å². The number of amides is 2. The van der Waals surface area contributed by atoms with Gasteiger partial charge in [0, 0.05) is 32.3 Å². The van der Waals surface area contributed by atoms with Gasteiger partial charge in [0.25, 0.3) is 0 Å². The molecule has 0 radical (unpaired) electrons. The highest BCUT2D eigenvalue weighted by Crippen LogP contribution is 2.36. The lowest BCUT2D eigenvalue weighted by molar-refractivity contribution is -0.139. The highest BCUT2D eigenvalue weighted by molar-refractivity contribution is 7.88. The van der Waals surface area contributed by atoms with Gasteiger partial charge in [-0.1, -0.05) is 0 Å². The molecule has 1 aliphatic rings. The largest absolute Gasteiger partial charge is 0.480 e. The molecule has 0 aliphatic carbocycles. The van der Waals surface area contributed by atoms with E-state index in [1.54, 1.807) is 46.1 Å². The van der Waals surface area contributed by atoms with Gasteiger partial charge in [0.1, 0.15) is 41.3 Å². The van der Waals surface area contributed by atoms with Crippen molar-refractivity contribution < 1.29 is 66.2 Å². The molecule has 0 bridgehead atoms. The van der Waals surface area contributed by atoms with E-state index in [4.69, 9.17) is 38.9 Å². The molecule has 2 aromatic rings. The second kappa shape index (κ2) is 25.3. The summed E-state index contributed by atoms with van der Waals surface area (Å²) >= 11 is 0. The number of aliphatic hydroxyl groups excluding tert-OH is 1. The number of nitrogens with zero attached hydrogens (tertiary/aromatic N) is 4. The van der Waals surface area contributed by atoms with Crippen LogP contribution in [0.15, 0.2) is 12.7 Å². The third kappa shape index (κ3) is 20.0. The maximum atomic E-state index is 13.0. The third-order valence-corrected chi connectivity index (χ3v) is 9.54. The maximum absolute atomic E-state index is 13.0. The van der Waals surface area contributed by atoms with Gasteiger partial charge in [-0.2, -0.15) is 0 Å². The van der Waals surface area contributed by atoms with Crippen LogP contribution in [0.25, 0.3) is 11.2 Å². The normalized spacial score (nSPS) is 19.3. The molecule has 6 atom stereocenters. The Morgan fingerprint density at radius 1 is 0.855 bits per heavy atom. The van der Waals surface area contributed by atoms with Crippen LogP contribution < -0.4 is 26.4 Å². The number of nitrogen functional groups attached to an aromatic ring is 1. The molecule has 62 heavy (non-hydrogen) atoms. The Bertz CT molecular complexity index is 1790. The van der Waals surface area contributed by atoms with E-state index in [-0.39, 0.29) is 31.7 Å². The monoisotopic (exact) mass is 905 g/mol. The zero-order valence-corrected chi connectivity index (χ0v) is 37.6. The predicted octanol–water partition coefficient (Wildman–Crippen LogP) is 1.06. The van der Waals surface area contributed by atoms with Crippen LogP contribution in [0.1, 0.15) is 79.9 Å². The van der Waals surface area contributed by atoms with Crippen molar-refractivity contribution in [1.82, 2.24) is 40.2 Å². The molecule has 2 aromatic heterocycles. The van der Waals surface area contributed by atoms with Crippen LogP contribution in [0.2, 0.25) is 0 Å². The molecule has 8 N–H and O–H groups in total. The Morgan fingerprint density at radius 2 is 1.45 bits per heavy atom. The maximum Gasteiger partial charge on any atom is 0.408 e. The Labute approximate surface area is 362 Å². The van der Waals surface area contributed by atoms with Gasteiger partial charge < -0.3 is 65.1 Å². The number of fused-ring (bicyclic) bond motifs is 1. The molecule has 0 unspecified atom stereocenters. The molecule has 2 amide bonds. The van der Waals surface area contributed by atoms with E-state index in [0.29, 0.717) is 83.3 Å². The van der Waals surface area contributed by atoms with Crippen molar-refractivity contribution >= 4 is 45.2 Å². The number of carbonyl (C=O) groups excluding carboxylic acids is 2. The summed E-state index contributed by atoms with van der Waals surface area (Å²) in [6.45, 7) is 14.2. The summed E-state index contributed by atoms with van der Waals surface area (Å²) in [5.74, 6) is -1.15. The molecule has 3 rings (SSSR count). The van der Waals surface area contributed by atoms with Crippen LogP contribution in [0, 0.1) is 0 Å². The van der Waals surface area contributed by atoms with E-state index < -0.39 is 76.0 Å². The molecule has 0 spiro atoms. The first-order valence-corrected chi connectivity index (χ1v) is 22.5. The number of rotatable bonds is 28. The van der Waals surface area contributed by atoms with Crippen LogP contribution in [0.4, 0.5) is 15.4 Å². The van der Waals surface area contributed by atoms with Crippen molar-refractivity contribution in [3.8, 4) is 0 Å². The van der Waals surface area contributed by atoms with Gasteiger partial charge in [-0.25, -0.2) is 42.5 Å². The zero-order valence-electron chi connectivity index (χ0n) is 36.8. The highest BCUT2D eigenvalue weighted by atomic mass is 32.2. The fraction of sp³-hybridized carbons (Fsp3) is 0.789. The summed E-state index contributed by atoms with van der Waals surface area (Å²) < 4.78 is 66.0. The second-order valence-corrected chi connectivity index (χ2v) is 18.5. The van der Waals surface area contributed by atoms with Crippen molar-refractivity contribution in [2.75, 3.05) is 77.9 Å². The molecule has 1 aliphatic heterocycles. The number of alkyl carbamates (subject to hydrolysis) is 2. The van der Waals surface area contributed by atoms with Gasteiger partial charge >= 0.3 is 18.2 Å². The average Bonchev–Trinajstić information content (AvgIpc) is 3.71. The van der Waals surface area contributed by atoms with Crippen molar-refractivity contribution in [3.63, 3.8) is 0 Å². The number of hydrogen-bond acceptors (Lipinski definition) is 18. The van der Waals surface area contributed by atoms with Crippen molar-refractivity contribution in [3.05, 3.63) is 12.7 Å². The van der Waals surface area contributed by atoms with E-state index >= 15 is 0 Å². The second-order valence-electron chi connectivity index (χ2n) is 16.6. The molecular formula is C38H67N9O14S. The van der Waals surface area contributed by atoms with E-state index in [0.717, 1.165) is 6.26 Å². The zero-order chi connectivity index (χ0) is 45.9. The van der Waals surface area contributed by atoms with Gasteiger partial charge in [0.05, 0.1) is 51.7 Å². The molecule has 3 heterocycles. The van der Waals surface area contributed by atoms with Gasteiger partial charge in [0.2, 0.25) is 10.0 Å². The Morgan fingerprint density at radius 3 is 2.05 bits per heavy atom. The summed E-state index contributed by atoms with van der Waals surface area (Å²) in [4.78, 5) is 50.3. The van der Waals surface area contributed by atoms with E-state index in [1.807, 2.05) is 0 Å². The summed E-state index contributed by atoms with van der Waals surface area (Å²) in [5, 5.41) is 30.1. The first kappa shape index (κ1) is 52.3. The summed E-state index contributed by atoms with van der Waals surface area (Å²) in [6.07, 6.45) is -0.655. The number of nitrogens with two attached hydrogens (primary N) is 1. The van der Waals surface area contributed by atoms with Crippen LogP contribution in [0.5, 0.6) is 0 Å². The quantitative estimate of drug-likeness (QED) is 0.0587. The first-order chi connectivity index (χ1) is 29.1.